The standard InChI is InChI=1S/C25H36O4/c1-17(2)19-9-7-11-21(23(19)28-15-13-26)25(5,6)22-12-8-10-20(18(3)4)24(22)29-16-14-27/h7-12,17-18,26-27H,13-16H2,1-6H3. The van der Waals surface area contributed by atoms with Gasteiger partial charge in [-0.05, 0) is 23.0 Å². The predicted molar refractivity (Wildman–Crippen MR) is 118 cm³/mol. The lowest BCUT2D eigenvalue weighted by molar-refractivity contribution is 0.195. The Labute approximate surface area is 175 Å². The lowest BCUT2D eigenvalue weighted by Gasteiger charge is -2.32. The molecule has 29 heavy (non-hydrogen) atoms. The molecule has 0 spiro atoms. The molecule has 2 aromatic rings. The summed E-state index contributed by atoms with van der Waals surface area (Å²) in [7, 11) is 0. The van der Waals surface area contributed by atoms with Gasteiger partial charge >= 0.3 is 0 Å². The third kappa shape index (κ3) is 5.12. The maximum Gasteiger partial charge on any atom is 0.126 e. The summed E-state index contributed by atoms with van der Waals surface area (Å²) in [6.45, 7) is 13.4. The van der Waals surface area contributed by atoms with Crippen LogP contribution >= 0.6 is 0 Å². The monoisotopic (exact) mass is 400 g/mol. The molecule has 160 valence electrons. The van der Waals surface area contributed by atoms with E-state index in [1.54, 1.807) is 0 Å². The van der Waals surface area contributed by atoms with Crippen LogP contribution in [-0.2, 0) is 5.41 Å². The molecule has 0 atom stereocenters. The number of hydrogen-bond acceptors (Lipinski definition) is 4. The lowest BCUT2D eigenvalue weighted by Crippen LogP contribution is -2.23. The summed E-state index contributed by atoms with van der Waals surface area (Å²) in [5.41, 5.74) is 3.98. The largest absolute Gasteiger partial charge is 0.491 e. The molecule has 0 saturated heterocycles. The topological polar surface area (TPSA) is 58.9 Å². The molecule has 0 aliphatic carbocycles. The molecule has 0 radical (unpaired) electrons. The van der Waals surface area contributed by atoms with Crippen LogP contribution < -0.4 is 9.47 Å². The second kappa shape index (κ2) is 10.1. The van der Waals surface area contributed by atoms with E-state index in [1.165, 1.54) is 0 Å². The molecule has 0 aliphatic heterocycles. The van der Waals surface area contributed by atoms with Crippen LogP contribution in [0.3, 0.4) is 0 Å². The van der Waals surface area contributed by atoms with Gasteiger partial charge in [0.05, 0.1) is 13.2 Å². The summed E-state index contributed by atoms with van der Waals surface area (Å²) in [4.78, 5) is 0. The van der Waals surface area contributed by atoms with Gasteiger partial charge < -0.3 is 19.7 Å². The van der Waals surface area contributed by atoms with E-state index in [4.69, 9.17) is 9.47 Å². The van der Waals surface area contributed by atoms with Crippen LogP contribution in [0.4, 0.5) is 0 Å². The van der Waals surface area contributed by atoms with Crippen molar-refractivity contribution in [2.24, 2.45) is 0 Å². The van der Waals surface area contributed by atoms with Gasteiger partial charge in [0.25, 0.3) is 0 Å². The van der Waals surface area contributed by atoms with Crippen molar-refractivity contribution in [2.75, 3.05) is 26.4 Å². The smallest absolute Gasteiger partial charge is 0.126 e. The van der Waals surface area contributed by atoms with E-state index in [0.717, 1.165) is 33.8 Å². The van der Waals surface area contributed by atoms with Crippen molar-refractivity contribution in [3.8, 4) is 11.5 Å². The Morgan fingerprint density at radius 1 is 0.724 bits per heavy atom. The molecule has 0 amide bonds. The third-order valence-electron chi connectivity index (χ3n) is 5.36. The minimum Gasteiger partial charge on any atom is -0.491 e. The Morgan fingerprint density at radius 2 is 1.10 bits per heavy atom. The number of benzene rings is 2. The van der Waals surface area contributed by atoms with Gasteiger partial charge in [-0.3, -0.25) is 0 Å². The van der Waals surface area contributed by atoms with Crippen molar-refractivity contribution in [2.45, 2.75) is 58.8 Å². The fourth-order valence-corrected chi connectivity index (χ4v) is 3.77. The molecule has 0 unspecified atom stereocenters. The molecule has 0 aliphatic rings. The number of rotatable bonds is 10. The fourth-order valence-electron chi connectivity index (χ4n) is 3.77. The first-order chi connectivity index (χ1) is 13.8. The zero-order valence-electron chi connectivity index (χ0n) is 18.7. The second-order valence-corrected chi connectivity index (χ2v) is 8.53. The summed E-state index contributed by atoms with van der Waals surface area (Å²) in [6, 6.07) is 12.5. The number of aliphatic hydroxyl groups is 2. The average Bonchev–Trinajstić information content (AvgIpc) is 2.69. The average molecular weight is 401 g/mol. The summed E-state index contributed by atoms with van der Waals surface area (Å²) in [5, 5.41) is 18.7. The van der Waals surface area contributed by atoms with Gasteiger partial charge in [0.15, 0.2) is 0 Å². The Balaban J connectivity index is 2.69. The molecule has 2 N–H and O–H groups in total. The number of para-hydroxylation sites is 2. The maximum absolute atomic E-state index is 9.34. The summed E-state index contributed by atoms with van der Waals surface area (Å²) < 4.78 is 12.1. The van der Waals surface area contributed by atoms with Gasteiger partial charge in [0, 0.05) is 16.5 Å². The van der Waals surface area contributed by atoms with Crippen LogP contribution in [0, 0.1) is 0 Å². The second-order valence-electron chi connectivity index (χ2n) is 8.53. The van der Waals surface area contributed by atoms with Gasteiger partial charge in [-0.1, -0.05) is 77.9 Å². The van der Waals surface area contributed by atoms with Gasteiger partial charge in [0.2, 0.25) is 0 Å². The lowest BCUT2D eigenvalue weighted by atomic mass is 9.75. The van der Waals surface area contributed by atoms with Crippen LogP contribution in [0.5, 0.6) is 11.5 Å². The molecular weight excluding hydrogens is 364 g/mol. The van der Waals surface area contributed by atoms with E-state index in [2.05, 4.69) is 77.9 Å². The molecule has 4 heteroatoms. The normalized spacial score (nSPS) is 11.9. The van der Waals surface area contributed by atoms with Crippen molar-refractivity contribution >= 4 is 0 Å². The van der Waals surface area contributed by atoms with Crippen molar-refractivity contribution in [3.05, 3.63) is 58.7 Å². The van der Waals surface area contributed by atoms with Gasteiger partial charge in [-0.2, -0.15) is 0 Å². The van der Waals surface area contributed by atoms with Crippen LogP contribution in [0.15, 0.2) is 36.4 Å². The van der Waals surface area contributed by atoms with Gasteiger partial charge in [-0.15, -0.1) is 0 Å². The summed E-state index contributed by atoms with van der Waals surface area (Å²) >= 11 is 0. The molecule has 0 saturated carbocycles. The highest BCUT2D eigenvalue weighted by Crippen LogP contribution is 2.45. The fraction of sp³-hybridized carbons (Fsp3) is 0.520. The van der Waals surface area contributed by atoms with Crippen LogP contribution in [0.25, 0.3) is 0 Å². The van der Waals surface area contributed by atoms with E-state index >= 15 is 0 Å². The maximum atomic E-state index is 9.34. The minimum atomic E-state index is -0.397. The molecule has 0 fully saturated rings. The minimum absolute atomic E-state index is 0.0278. The van der Waals surface area contributed by atoms with E-state index < -0.39 is 5.41 Å². The van der Waals surface area contributed by atoms with Gasteiger partial charge in [-0.25, -0.2) is 0 Å². The Morgan fingerprint density at radius 3 is 1.41 bits per heavy atom. The molecule has 0 heterocycles. The van der Waals surface area contributed by atoms with E-state index in [-0.39, 0.29) is 26.4 Å². The van der Waals surface area contributed by atoms with E-state index in [9.17, 15) is 10.2 Å². The first kappa shape index (κ1) is 23.2. The molecule has 4 nitrogen and oxygen atoms in total. The molecule has 0 bridgehead atoms. The molecule has 0 aromatic heterocycles. The van der Waals surface area contributed by atoms with Crippen LogP contribution in [0.2, 0.25) is 0 Å². The zero-order valence-corrected chi connectivity index (χ0v) is 18.7. The first-order valence-corrected chi connectivity index (χ1v) is 10.5. The van der Waals surface area contributed by atoms with Crippen LogP contribution in [0.1, 0.15) is 75.6 Å². The highest BCUT2D eigenvalue weighted by Gasteiger charge is 2.32. The van der Waals surface area contributed by atoms with E-state index in [0.29, 0.717) is 11.8 Å². The van der Waals surface area contributed by atoms with Crippen LogP contribution in [-0.4, -0.2) is 36.6 Å². The quantitative estimate of drug-likeness (QED) is 0.589. The van der Waals surface area contributed by atoms with Crippen molar-refractivity contribution < 1.29 is 19.7 Å². The predicted octanol–water partition coefficient (Wildman–Crippen LogP) is 5.00. The summed E-state index contributed by atoms with van der Waals surface area (Å²) in [5.74, 6) is 2.27. The Bertz CT molecular complexity index is 728. The Kier molecular flexibility index (Phi) is 8.12. The molecule has 2 aromatic carbocycles. The third-order valence-corrected chi connectivity index (χ3v) is 5.36. The van der Waals surface area contributed by atoms with E-state index in [1.807, 2.05) is 0 Å². The van der Waals surface area contributed by atoms with Crippen molar-refractivity contribution in [3.63, 3.8) is 0 Å². The SMILES string of the molecule is CC(C)c1cccc(C(C)(C)c2cccc(C(C)C)c2OCCO)c1OCCO. The first-order valence-electron chi connectivity index (χ1n) is 10.5. The van der Waals surface area contributed by atoms with Gasteiger partial charge in [0.1, 0.15) is 24.7 Å². The van der Waals surface area contributed by atoms with Crippen molar-refractivity contribution in [1.29, 1.82) is 0 Å². The molecule has 2 rings (SSSR count). The molecular formula is C25H36O4. The number of hydrogen-bond donors (Lipinski definition) is 2. The number of ether oxygens (including phenoxy) is 2. The highest BCUT2D eigenvalue weighted by atomic mass is 16.5. The highest BCUT2D eigenvalue weighted by molar-refractivity contribution is 5.56. The zero-order chi connectivity index (χ0) is 21.6. The van der Waals surface area contributed by atoms with Crippen molar-refractivity contribution in [1.82, 2.24) is 0 Å². The number of aliphatic hydroxyl groups excluding tert-OH is 2. The Hall–Kier alpha value is -2.04. The summed E-state index contributed by atoms with van der Waals surface area (Å²) in [6.07, 6.45) is 0.